The maximum atomic E-state index is 12.9. The molecule has 1 amide bonds. The minimum Gasteiger partial charge on any atom is -0.394 e. The van der Waals surface area contributed by atoms with Crippen LogP contribution in [-0.4, -0.2) is 49.2 Å². The van der Waals surface area contributed by atoms with E-state index < -0.39 is 11.6 Å². The maximum absolute atomic E-state index is 12.9. The molecule has 0 aliphatic carbocycles. The summed E-state index contributed by atoms with van der Waals surface area (Å²) in [6.45, 7) is 9.85. The molecule has 1 atom stereocenters. The van der Waals surface area contributed by atoms with Crippen LogP contribution in [0.1, 0.15) is 47.2 Å². The Bertz CT molecular complexity index is 1480. The topological polar surface area (TPSA) is 129 Å². The average molecular weight is 512 g/mol. The van der Waals surface area contributed by atoms with E-state index in [-0.39, 0.29) is 18.4 Å². The summed E-state index contributed by atoms with van der Waals surface area (Å²) in [6.07, 6.45) is 3.32. The van der Waals surface area contributed by atoms with Crippen molar-refractivity contribution >= 4 is 23.4 Å². The zero-order valence-electron chi connectivity index (χ0n) is 21.5. The predicted molar refractivity (Wildman–Crippen MR) is 144 cm³/mol. The molecule has 3 N–H and O–H groups in total. The Hall–Kier alpha value is -4.57. The third kappa shape index (κ3) is 4.61. The number of anilines is 3. The molecular formula is C28H29N7O3. The largest absolute Gasteiger partial charge is 0.394 e. The summed E-state index contributed by atoms with van der Waals surface area (Å²) >= 11 is 0. The molecule has 3 heterocycles. The van der Waals surface area contributed by atoms with E-state index in [1.165, 1.54) is 0 Å². The van der Waals surface area contributed by atoms with Crippen LogP contribution in [0, 0.1) is 6.92 Å². The number of aryl methyl sites for hydroxylation is 1. The van der Waals surface area contributed by atoms with Crippen molar-refractivity contribution in [1.29, 1.82) is 0 Å². The number of carbonyl (C=O) groups excluding carboxylic acids is 1. The van der Waals surface area contributed by atoms with Gasteiger partial charge in [-0.05, 0) is 50.1 Å². The summed E-state index contributed by atoms with van der Waals surface area (Å²) < 4.78 is 5.38. The second-order valence-corrected chi connectivity index (χ2v) is 9.54. The predicted octanol–water partition coefficient (Wildman–Crippen LogP) is 4.60. The zero-order chi connectivity index (χ0) is 26.9. The molecule has 5 rings (SSSR count). The Morgan fingerprint density at radius 2 is 1.95 bits per heavy atom. The standard InChI is InChI=1S/C28H29N7O3/c1-5-13-35-26(37)20-12-11-19(14-22(20)28(35,3)4)31-27-29-15-21(25-30-17(2)34-38-25)24(33-27)32-23(16-36)18-9-7-6-8-10-18/h5-12,14-15,23,36H,1,13,16H2,2-4H3,(H2,29,31,32,33)/t23-/m1/s1. The van der Waals surface area contributed by atoms with Gasteiger partial charge in [0.15, 0.2) is 5.82 Å². The summed E-state index contributed by atoms with van der Waals surface area (Å²) in [7, 11) is 0. The lowest BCUT2D eigenvalue weighted by atomic mass is 9.93. The number of amides is 1. The van der Waals surface area contributed by atoms with Crippen LogP contribution in [0.3, 0.4) is 0 Å². The van der Waals surface area contributed by atoms with Gasteiger partial charge < -0.3 is 25.2 Å². The molecule has 2 aromatic heterocycles. The first kappa shape index (κ1) is 25.1. The molecule has 0 spiro atoms. The number of fused-ring (bicyclic) bond motifs is 1. The monoisotopic (exact) mass is 511 g/mol. The van der Waals surface area contributed by atoms with Crippen LogP contribution in [0.4, 0.5) is 17.5 Å². The van der Waals surface area contributed by atoms with Gasteiger partial charge in [-0.25, -0.2) is 4.98 Å². The molecule has 0 saturated heterocycles. The highest BCUT2D eigenvalue weighted by Crippen LogP contribution is 2.40. The first-order chi connectivity index (χ1) is 18.3. The molecule has 1 aliphatic heterocycles. The van der Waals surface area contributed by atoms with Gasteiger partial charge >= 0.3 is 0 Å². The highest BCUT2D eigenvalue weighted by atomic mass is 16.5. The van der Waals surface area contributed by atoms with E-state index in [1.807, 2.05) is 62.4 Å². The second kappa shape index (κ2) is 10.1. The van der Waals surface area contributed by atoms with Crippen molar-refractivity contribution in [1.82, 2.24) is 25.0 Å². The van der Waals surface area contributed by atoms with Gasteiger partial charge in [0.2, 0.25) is 5.95 Å². The van der Waals surface area contributed by atoms with Crippen molar-refractivity contribution in [3.05, 3.63) is 89.9 Å². The lowest BCUT2D eigenvalue weighted by molar-refractivity contribution is 0.0652. The summed E-state index contributed by atoms with van der Waals surface area (Å²) in [5, 5.41) is 20.5. The quantitative estimate of drug-likeness (QED) is 0.276. The van der Waals surface area contributed by atoms with E-state index in [0.29, 0.717) is 35.3 Å². The van der Waals surface area contributed by atoms with Gasteiger partial charge in [0.1, 0.15) is 11.4 Å². The molecule has 0 saturated carbocycles. The zero-order valence-corrected chi connectivity index (χ0v) is 21.5. The van der Waals surface area contributed by atoms with Gasteiger partial charge in [-0.1, -0.05) is 41.6 Å². The van der Waals surface area contributed by atoms with Crippen molar-refractivity contribution in [2.24, 2.45) is 0 Å². The Labute approximate surface area is 220 Å². The molecule has 0 radical (unpaired) electrons. The Morgan fingerprint density at radius 1 is 1.16 bits per heavy atom. The SMILES string of the molecule is C=CCN1C(=O)c2ccc(Nc3ncc(-c4nc(C)no4)c(N[C@H](CO)c4ccccc4)n3)cc2C1(C)C. The van der Waals surface area contributed by atoms with Crippen LogP contribution in [0.15, 0.2) is 71.9 Å². The highest BCUT2D eigenvalue weighted by molar-refractivity contribution is 6.00. The summed E-state index contributed by atoms with van der Waals surface area (Å²) in [6, 6.07) is 14.7. The number of nitrogens with one attached hydrogen (secondary N) is 2. The van der Waals surface area contributed by atoms with Crippen LogP contribution < -0.4 is 10.6 Å². The molecular weight excluding hydrogens is 482 g/mol. The number of aliphatic hydroxyl groups excluding tert-OH is 1. The van der Waals surface area contributed by atoms with Gasteiger partial charge in [0, 0.05) is 24.0 Å². The summed E-state index contributed by atoms with van der Waals surface area (Å²) in [5.74, 6) is 1.47. The number of nitrogens with zero attached hydrogens (tertiary/aromatic N) is 5. The van der Waals surface area contributed by atoms with Crippen molar-refractivity contribution in [3.63, 3.8) is 0 Å². The summed E-state index contributed by atoms with van der Waals surface area (Å²) in [4.78, 5) is 28.2. The minimum absolute atomic E-state index is 0.0191. The second-order valence-electron chi connectivity index (χ2n) is 9.54. The van der Waals surface area contributed by atoms with Crippen molar-refractivity contribution < 1.29 is 14.4 Å². The normalized spacial score (nSPS) is 14.7. The molecule has 0 unspecified atom stereocenters. The minimum atomic E-state index is -0.491. The molecule has 10 nitrogen and oxygen atoms in total. The highest BCUT2D eigenvalue weighted by Gasteiger charge is 2.42. The number of aromatic nitrogens is 4. The number of aliphatic hydroxyl groups is 1. The van der Waals surface area contributed by atoms with Crippen molar-refractivity contribution in [2.75, 3.05) is 23.8 Å². The number of carbonyl (C=O) groups is 1. The molecule has 38 heavy (non-hydrogen) atoms. The van der Waals surface area contributed by atoms with Crippen LogP contribution in [0.5, 0.6) is 0 Å². The maximum Gasteiger partial charge on any atom is 0.263 e. The van der Waals surface area contributed by atoms with Gasteiger partial charge in [0.05, 0.1) is 18.2 Å². The van der Waals surface area contributed by atoms with E-state index in [1.54, 1.807) is 24.1 Å². The average Bonchev–Trinajstić information content (AvgIpc) is 3.43. The van der Waals surface area contributed by atoms with E-state index in [4.69, 9.17) is 9.51 Å². The molecule has 2 aromatic carbocycles. The van der Waals surface area contributed by atoms with Crippen LogP contribution >= 0.6 is 0 Å². The molecule has 10 heteroatoms. The van der Waals surface area contributed by atoms with Crippen LogP contribution in [0.25, 0.3) is 11.5 Å². The fraction of sp³-hybridized carbons (Fsp3) is 0.250. The van der Waals surface area contributed by atoms with E-state index in [0.717, 1.165) is 16.8 Å². The fourth-order valence-electron chi connectivity index (χ4n) is 4.63. The molecule has 0 bridgehead atoms. The van der Waals surface area contributed by atoms with Gasteiger partial charge in [-0.3, -0.25) is 4.79 Å². The first-order valence-electron chi connectivity index (χ1n) is 12.3. The Balaban J connectivity index is 1.49. The fourth-order valence-corrected chi connectivity index (χ4v) is 4.63. The van der Waals surface area contributed by atoms with Gasteiger partial charge in [-0.2, -0.15) is 9.97 Å². The van der Waals surface area contributed by atoms with E-state index in [9.17, 15) is 9.90 Å². The lowest BCUT2D eigenvalue weighted by Gasteiger charge is -2.31. The first-order valence-corrected chi connectivity index (χ1v) is 12.3. The van der Waals surface area contributed by atoms with Crippen LogP contribution in [-0.2, 0) is 5.54 Å². The third-order valence-corrected chi connectivity index (χ3v) is 6.64. The van der Waals surface area contributed by atoms with E-state index >= 15 is 0 Å². The molecule has 1 aliphatic rings. The lowest BCUT2D eigenvalue weighted by Crippen LogP contribution is -2.39. The third-order valence-electron chi connectivity index (χ3n) is 6.64. The molecule has 4 aromatic rings. The number of hydrogen-bond donors (Lipinski definition) is 3. The molecule has 0 fully saturated rings. The number of hydrogen-bond acceptors (Lipinski definition) is 9. The Kier molecular flexibility index (Phi) is 6.64. The molecule has 194 valence electrons. The number of benzene rings is 2. The van der Waals surface area contributed by atoms with Crippen molar-refractivity contribution in [3.8, 4) is 11.5 Å². The van der Waals surface area contributed by atoms with Gasteiger partial charge in [0.25, 0.3) is 11.8 Å². The summed E-state index contributed by atoms with van der Waals surface area (Å²) in [5.41, 5.74) is 3.22. The van der Waals surface area contributed by atoms with E-state index in [2.05, 4.69) is 32.3 Å². The Morgan fingerprint density at radius 3 is 2.63 bits per heavy atom. The number of rotatable bonds is 9. The van der Waals surface area contributed by atoms with Crippen LogP contribution in [0.2, 0.25) is 0 Å². The van der Waals surface area contributed by atoms with Gasteiger partial charge in [-0.15, -0.1) is 6.58 Å². The smallest absolute Gasteiger partial charge is 0.263 e. The van der Waals surface area contributed by atoms with Crippen molar-refractivity contribution in [2.45, 2.75) is 32.4 Å².